The SMILES string of the molecule is CCC=CCC=CCC=CCC=CCC=CCC=CCCC(=O)NC(C(=O)Nc1ccc(CN=C(N)N=C(N)N(C)C)cc1)C(C)C. The number of carbonyl (C=O) groups excluding carboxylic acids is 2. The Morgan fingerprint density at radius 1 is 0.787 bits per heavy atom. The van der Waals surface area contributed by atoms with Gasteiger partial charge in [-0.1, -0.05) is 106 Å². The topological polar surface area (TPSA) is 138 Å². The molecule has 0 saturated heterocycles. The highest BCUT2D eigenvalue weighted by Gasteiger charge is 2.24. The number of rotatable bonds is 20. The third kappa shape index (κ3) is 20.9. The van der Waals surface area contributed by atoms with Gasteiger partial charge in [-0.2, -0.15) is 4.99 Å². The van der Waals surface area contributed by atoms with Gasteiger partial charge in [0.25, 0.3) is 0 Å². The molecule has 256 valence electrons. The van der Waals surface area contributed by atoms with Crippen LogP contribution in [0.3, 0.4) is 0 Å². The molecule has 0 heterocycles. The molecule has 0 aliphatic heterocycles. The molecule has 0 aliphatic rings. The number of nitrogens with zero attached hydrogens (tertiary/aromatic N) is 3. The average molecular weight is 644 g/mol. The van der Waals surface area contributed by atoms with Crippen molar-refractivity contribution in [1.82, 2.24) is 10.2 Å². The summed E-state index contributed by atoms with van der Waals surface area (Å²) in [5, 5.41) is 5.78. The molecule has 0 bridgehead atoms. The van der Waals surface area contributed by atoms with E-state index in [2.05, 4.69) is 94.4 Å². The number of nitrogens with two attached hydrogens (primary N) is 2. The maximum Gasteiger partial charge on any atom is 0.247 e. The molecular formula is C38H57N7O2. The highest BCUT2D eigenvalue weighted by Crippen LogP contribution is 2.13. The maximum absolute atomic E-state index is 13.0. The number of anilines is 1. The number of nitrogens with one attached hydrogen (secondary N) is 2. The number of allylic oxidation sites excluding steroid dienone is 12. The normalized spacial score (nSPS) is 13.7. The first-order valence-corrected chi connectivity index (χ1v) is 16.5. The smallest absolute Gasteiger partial charge is 0.247 e. The van der Waals surface area contributed by atoms with E-state index in [1.54, 1.807) is 31.1 Å². The van der Waals surface area contributed by atoms with E-state index >= 15 is 0 Å². The van der Waals surface area contributed by atoms with Crippen LogP contribution in [-0.4, -0.2) is 48.8 Å². The predicted molar refractivity (Wildman–Crippen MR) is 200 cm³/mol. The zero-order valence-corrected chi connectivity index (χ0v) is 29.1. The summed E-state index contributed by atoms with van der Waals surface area (Å²) in [6.07, 6.45) is 32.6. The van der Waals surface area contributed by atoms with Gasteiger partial charge in [0.2, 0.25) is 17.8 Å². The number of carbonyl (C=O) groups is 2. The first kappa shape index (κ1) is 40.4. The van der Waals surface area contributed by atoms with Crippen LogP contribution in [0.5, 0.6) is 0 Å². The Hall–Kier alpha value is -4.66. The summed E-state index contributed by atoms with van der Waals surface area (Å²) in [7, 11) is 3.53. The molecule has 9 nitrogen and oxygen atoms in total. The standard InChI is InChI=1S/C38H57N7O2/c1-6-7-8-9-10-11-12-13-14-15-16-17-18-19-20-21-22-23-24-25-34(46)43-35(31(2)3)36(47)42-33-28-26-32(27-29-33)30-41-37(39)44-38(40)45(4)5/h7-8,10-11,13-14,16-17,19-20,22-23,26-29,31,35H,6,9,12,15,18,21,24-25,30H2,1-5H3,(H,42,47)(H,43,46)(H4,39,40,41,44). The van der Waals surface area contributed by atoms with Gasteiger partial charge in [-0.15, -0.1) is 0 Å². The Kier molecular flexibility index (Phi) is 21.9. The summed E-state index contributed by atoms with van der Waals surface area (Å²) in [6, 6.07) is 6.63. The largest absolute Gasteiger partial charge is 0.369 e. The molecule has 9 heteroatoms. The minimum absolute atomic E-state index is 0.0726. The highest BCUT2D eigenvalue weighted by atomic mass is 16.2. The molecule has 0 fully saturated rings. The number of hydrogen-bond donors (Lipinski definition) is 4. The van der Waals surface area contributed by atoms with Crippen LogP contribution in [0.1, 0.15) is 77.7 Å². The average Bonchev–Trinajstić information content (AvgIpc) is 3.04. The lowest BCUT2D eigenvalue weighted by molar-refractivity contribution is -0.127. The third-order valence-corrected chi connectivity index (χ3v) is 6.73. The summed E-state index contributed by atoms with van der Waals surface area (Å²) in [6.45, 7) is 6.29. The van der Waals surface area contributed by atoms with Gasteiger partial charge >= 0.3 is 0 Å². The van der Waals surface area contributed by atoms with Crippen LogP contribution in [0.4, 0.5) is 5.69 Å². The van der Waals surface area contributed by atoms with Crippen molar-refractivity contribution < 1.29 is 9.59 Å². The molecular weight excluding hydrogens is 586 g/mol. The van der Waals surface area contributed by atoms with Crippen LogP contribution in [0, 0.1) is 5.92 Å². The van der Waals surface area contributed by atoms with Gasteiger partial charge in [-0.25, -0.2) is 4.99 Å². The minimum atomic E-state index is -0.642. The van der Waals surface area contributed by atoms with E-state index in [-0.39, 0.29) is 29.7 Å². The first-order valence-electron chi connectivity index (χ1n) is 16.5. The van der Waals surface area contributed by atoms with Crippen molar-refractivity contribution in [3.8, 4) is 0 Å². The second-order valence-electron chi connectivity index (χ2n) is 11.5. The third-order valence-electron chi connectivity index (χ3n) is 6.73. The predicted octanol–water partition coefficient (Wildman–Crippen LogP) is 6.93. The Balaban J connectivity index is 2.35. The van der Waals surface area contributed by atoms with Crippen LogP contribution in [0.2, 0.25) is 0 Å². The number of guanidine groups is 2. The van der Waals surface area contributed by atoms with Crippen molar-refractivity contribution in [3.05, 3.63) is 103 Å². The van der Waals surface area contributed by atoms with Gasteiger partial charge in [-0.3, -0.25) is 9.59 Å². The fourth-order valence-electron chi connectivity index (χ4n) is 3.97. The number of amides is 2. The molecule has 1 unspecified atom stereocenters. The number of aliphatic imine (C=N–C) groups is 2. The fourth-order valence-corrected chi connectivity index (χ4v) is 3.97. The molecule has 2 amide bonds. The molecule has 1 aromatic carbocycles. The second kappa shape index (κ2) is 25.5. The summed E-state index contributed by atoms with van der Waals surface area (Å²) in [5.41, 5.74) is 13.1. The van der Waals surface area contributed by atoms with E-state index in [1.807, 2.05) is 32.1 Å². The molecule has 0 aliphatic carbocycles. The van der Waals surface area contributed by atoms with Gasteiger partial charge in [0.15, 0.2) is 5.96 Å². The van der Waals surface area contributed by atoms with E-state index in [1.165, 1.54) is 0 Å². The van der Waals surface area contributed by atoms with E-state index in [0.717, 1.165) is 44.1 Å². The lowest BCUT2D eigenvalue weighted by atomic mass is 10.0. The molecule has 0 spiro atoms. The monoisotopic (exact) mass is 643 g/mol. The highest BCUT2D eigenvalue weighted by molar-refractivity contribution is 5.97. The van der Waals surface area contributed by atoms with E-state index in [0.29, 0.717) is 25.1 Å². The molecule has 0 saturated carbocycles. The van der Waals surface area contributed by atoms with Crippen LogP contribution in [0.15, 0.2) is 107 Å². The van der Waals surface area contributed by atoms with Crippen LogP contribution < -0.4 is 22.1 Å². The van der Waals surface area contributed by atoms with Gasteiger partial charge in [0.05, 0.1) is 6.54 Å². The summed E-state index contributed by atoms with van der Waals surface area (Å²) in [4.78, 5) is 35.4. The van der Waals surface area contributed by atoms with E-state index in [9.17, 15) is 9.59 Å². The fraction of sp³-hybridized carbons (Fsp3) is 0.421. The van der Waals surface area contributed by atoms with Gasteiger partial charge in [0, 0.05) is 26.2 Å². The van der Waals surface area contributed by atoms with Gasteiger partial charge in [-0.05, 0) is 68.6 Å². The van der Waals surface area contributed by atoms with E-state index < -0.39 is 6.04 Å². The quantitative estimate of drug-likeness (QED) is 0.0693. The van der Waals surface area contributed by atoms with E-state index in [4.69, 9.17) is 11.5 Å². The Bertz CT molecular complexity index is 1280. The number of hydrogen-bond acceptors (Lipinski definition) is 3. The number of benzene rings is 1. The molecule has 47 heavy (non-hydrogen) atoms. The second-order valence-corrected chi connectivity index (χ2v) is 11.5. The Morgan fingerprint density at radius 3 is 1.74 bits per heavy atom. The zero-order valence-electron chi connectivity index (χ0n) is 29.1. The Morgan fingerprint density at radius 2 is 1.28 bits per heavy atom. The zero-order chi connectivity index (χ0) is 34.7. The van der Waals surface area contributed by atoms with Crippen molar-refractivity contribution in [2.24, 2.45) is 27.4 Å². The molecule has 0 aromatic heterocycles. The minimum Gasteiger partial charge on any atom is -0.369 e. The lowest BCUT2D eigenvalue weighted by Crippen LogP contribution is -2.47. The molecule has 1 aromatic rings. The van der Waals surface area contributed by atoms with Crippen LogP contribution in [0.25, 0.3) is 0 Å². The van der Waals surface area contributed by atoms with Gasteiger partial charge < -0.3 is 27.0 Å². The van der Waals surface area contributed by atoms with Crippen LogP contribution in [-0.2, 0) is 16.1 Å². The van der Waals surface area contributed by atoms with Crippen molar-refractivity contribution in [2.45, 2.75) is 84.7 Å². The van der Waals surface area contributed by atoms with Crippen molar-refractivity contribution in [2.75, 3.05) is 19.4 Å². The summed E-state index contributed by atoms with van der Waals surface area (Å²) in [5.74, 6) is -0.126. The van der Waals surface area contributed by atoms with Crippen LogP contribution >= 0.6 is 0 Å². The van der Waals surface area contributed by atoms with Crippen molar-refractivity contribution in [1.29, 1.82) is 0 Å². The molecule has 1 rings (SSSR count). The van der Waals surface area contributed by atoms with Crippen molar-refractivity contribution >= 4 is 29.4 Å². The first-order chi connectivity index (χ1) is 22.6. The maximum atomic E-state index is 13.0. The molecule has 0 radical (unpaired) electrons. The summed E-state index contributed by atoms with van der Waals surface area (Å²) < 4.78 is 0. The molecule has 1 atom stereocenters. The lowest BCUT2D eigenvalue weighted by Gasteiger charge is -2.21. The summed E-state index contributed by atoms with van der Waals surface area (Å²) >= 11 is 0. The van der Waals surface area contributed by atoms with Crippen molar-refractivity contribution in [3.63, 3.8) is 0 Å². The Labute approximate surface area is 283 Å². The van der Waals surface area contributed by atoms with Gasteiger partial charge in [0.1, 0.15) is 6.04 Å². The molecule has 6 N–H and O–H groups in total.